The van der Waals surface area contributed by atoms with Crippen LogP contribution in [0.25, 0.3) is 0 Å². The summed E-state index contributed by atoms with van der Waals surface area (Å²) in [7, 11) is 4.26. The lowest BCUT2D eigenvalue weighted by molar-refractivity contribution is -0.163. The first kappa shape index (κ1) is 65.1. The number of carbonyl (C=O) groups is 11. The highest BCUT2D eigenvalue weighted by molar-refractivity contribution is 6.35. The molecule has 440 valence electrons. The van der Waals surface area contributed by atoms with Crippen molar-refractivity contribution in [2.75, 3.05) is 34.3 Å². The van der Waals surface area contributed by atoms with Gasteiger partial charge in [-0.3, -0.25) is 47.9 Å². The molecule has 0 radical (unpaired) electrons. The Balaban J connectivity index is 1.89. The molecule has 0 saturated carbocycles. The number of hydrogen-bond donors (Lipinski definition) is 4. The SMILES string of the molecule is CC[C@H](C)[C@H]1NC(=O)[C@@H](NC(=O)[C@@H](CC(C)C)N(C)C(=O)[C@@H]2CCCN2C(=O)C(C)=O)[C@@H](C)OC(=O)C(Cc2ccc(OC)cc2)N(C)C(=O)[C@@H]2CCCN2C(=O)[C@H](CC(C)C)NC(=O)[C@@H](C)C(=O)[C@H](C(C)C)OC(=O)C[C@@H]1O. The van der Waals surface area contributed by atoms with Crippen molar-refractivity contribution < 1.29 is 72.1 Å². The molecular weight excluding hydrogens is 1020 g/mol. The van der Waals surface area contributed by atoms with Gasteiger partial charge in [0.05, 0.1) is 31.6 Å². The number of aliphatic hydroxyl groups excluding tert-OH is 1. The first-order valence-corrected chi connectivity index (χ1v) is 27.9. The van der Waals surface area contributed by atoms with Crippen LogP contribution >= 0.6 is 0 Å². The van der Waals surface area contributed by atoms with Crippen molar-refractivity contribution in [2.24, 2.45) is 29.6 Å². The second-order valence-corrected chi connectivity index (χ2v) is 22.8. The molecular formula is C57H87N7O15. The van der Waals surface area contributed by atoms with Gasteiger partial charge in [-0.1, -0.05) is 73.9 Å². The molecule has 0 aromatic heterocycles. The number of Topliss-reactive ketones (excluding diaryl/α,β-unsaturated/α-hetero) is 2. The number of nitrogens with one attached hydrogen (secondary N) is 3. The molecule has 3 fully saturated rings. The third-order valence-corrected chi connectivity index (χ3v) is 15.4. The number of likely N-dealkylation sites (N-methyl/N-ethyl adjacent to an activating group) is 2. The largest absolute Gasteiger partial charge is 0.497 e. The van der Waals surface area contributed by atoms with Gasteiger partial charge in [0.2, 0.25) is 41.2 Å². The molecule has 3 aliphatic rings. The number of rotatable bonds is 15. The molecule has 3 heterocycles. The minimum atomic E-state index is -1.78. The number of benzene rings is 1. The number of methoxy groups -OCH3 is 1. The average molecular weight is 1110 g/mol. The fourth-order valence-corrected chi connectivity index (χ4v) is 10.5. The number of ether oxygens (including phenoxy) is 3. The molecule has 22 nitrogen and oxygen atoms in total. The van der Waals surface area contributed by atoms with Gasteiger partial charge in [0.1, 0.15) is 48.1 Å². The number of hydrogen-bond acceptors (Lipinski definition) is 15. The van der Waals surface area contributed by atoms with Crippen molar-refractivity contribution in [1.82, 2.24) is 35.6 Å². The highest BCUT2D eigenvalue weighted by Crippen LogP contribution is 2.27. The number of nitrogens with zero attached hydrogens (tertiary/aromatic N) is 4. The van der Waals surface area contributed by atoms with Crippen molar-refractivity contribution in [3.63, 3.8) is 0 Å². The van der Waals surface area contributed by atoms with Crippen LogP contribution in [0.3, 0.4) is 0 Å². The molecule has 4 N–H and O–H groups in total. The summed E-state index contributed by atoms with van der Waals surface area (Å²) in [6.45, 7) is 18.1. The van der Waals surface area contributed by atoms with Crippen LogP contribution in [0.1, 0.15) is 133 Å². The number of carbonyl (C=O) groups excluding carboxylic acids is 11. The highest BCUT2D eigenvalue weighted by atomic mass is 16.6. The molecule has 1 unspecified atom stereocenters. The van der Waals surface area contributed by atoms with E-state index in [2.05, 4.69) is 16.0 Å². The lowest BCUT2D eigenvalue weighted by Crippen LogP contribution is -2.62. The van der Waals surface area contributed by atoms with Gasteiger partial charge in [-0.2, -0.15) is 0 Å². The number of aliphatic hydroxyl groups is 1. The zero-order valence-corrected chi connectivity index (χ0v) is 48.7. The summed E-state index contributed by atoms with van der Waals surface area (Å²) in [5.74, 6) is -11.3. The van der Waals surface area contributed by atoms with Crippen molar-refractivity contribution in [3.8, 4) is 5.75 Å². The van der Waals surface area contributed by atoms with Crippen molar-refractivity contribution in [2.45, 2.75) is 195 Å². The summed E-state index contributed by atoms with van der Waals surface area (Å²) < 4.78 is 17.2. The Bertz CT molecular complexity index is 2380. The number of fused-ring (bicyclic) bond motifs is 1. The maximum atomic E-state index is 15.0. The van der Waals surface area contributed by atoms with Crippen LogP contribution in [0.15, 0.2) is 24.3 Å². The first-order valence-electron chi connectivity index (χ1n) is 27.9. The van der Waals surface area contributed by atoms with Gasteiger partial charge in [-0.25, -0.2) is 4.79 Å². The molecule has 0 aliphatic carbocycles. The van der Waals surface area contributed by atoms with Gasteiger partial charge >= 0.3 is 11.9 Å². The highest BCUT2D eigenvalue weighted by Gasteiger charge is 2.46. The van der Waals surface area contributed by atoms with E-state index in [0.717, 1.165) is 6.92 Å². The predicted molar refractivity (Wildman–Crippen MR) is 289 cm³/mol. The van der Waals surface area contributed by atoms with Crippen LogP contribution < -0.4 is 20.7 Å². The molecule has 22 heteroatoms. The Morgan fingerprint density at radius 1 is 0.861 bits per heavy atom. The van der Waals surface area contributed by atoms with Gasteiger partial charge < -0.3 is 54.9 Å². The quantitative estimate of drug-likeness (QED) is 0.112. The Hall–Kier alpha value is -6.45. The Kier molecular flexibility index (Phi) is 24.0. The molecule has 1 aromatic carbocycles. The first-order chi connectivity index (χ1) is 37.0. The molecule has 0 spiro atoms. The van der Waals surface area contributed by atoms with Gasteiger partial charge in [-0.15, -0.1) is 0 Å². The van der Waals surface area contributed by atoms with E-state index in [1.807, 2.05) is 27.7 Å². The normalized spacial score (nSPS) is 27.2. The fourth-order valence-electron chi connectivity index (χ4n) is 10.5. The molecule has 79 heavy (non-hydrogen) atoms. The van der Waals surface area contributed by atoms with E-state index in [-0.39, 0.29) is 57.0 Å². The third kappa shape index (κ3) is 16.8. The van der Waals surface area contributed by atoms with E-state index in [9.17, 15) is 57.8 Å². The number of amides is 7. The molecule has 4 rings (SSSR count). The summed E-state index contributed by atoms with van der Waals surface area (Å²) in [6.07, 6.45) is -3.76. The zero-order valence-electron chi connectivity index (χ0n) is 48.7. The van der Waals surface area contributed by atoms with E-state index in [0.29, 0.717) is 30.6 Å². The van der Waals surface area contributed by atoms with Gasteiger partial charge in [0, 0.05) is 40.5 Å². The summed E-state index contributed by atoms with van der Waals surface area (Å²) in [5, 5.41) is 20.1. The standard InChI is InChI=1S/C57H87N7O15/c1-15-33(8)46-44(66)29-45(67)79-49(32(6)7)48(68)34(9)50(69)58-39(26-30(2)3)54(73)64-25-17-19-41(64)56(75)62(13)43(28-37-20-22-38(77-14)23-21-37)57(76)78-36(11)47(52(71)59-46)60-51(70)42(27-31(4)5)61(12)55(74)40-18-16-24-63(40)53(72)35(10)65/h20-23,30-34,36,39-44,46-47,49,66H,15-19,24-29H2,1-14H3,(H,58,69)(H,59,71)(H,60,70)/t33-,34-,36+,39-,40-,41-,42+,43?,44-,46+,47-,49-/m0/s1. The van der Waals surface area contributed by atoms with Crippen LogP contribution in [0, 0.1) is 29.6 Å². The summed E-state index contributed by atoms with van der Waals surface area (Å²) in [4.78, 5) is 160. The minimum Gasteiger partial charge on any atom is -0.497 e. The predicted octanol–water partition coefficient (Wildman–Crippen LogP) is 2.52. The van der Waals surface area contributed by atoms with E-state index in [1.54, 1.807) is 52.0 Å². The van der Waals surface area contributed by atoms with Gasteiger partial charge in [0.25, 0.3) is 5.91 Å². The van der Waals surface area contributed by atoms with Crippen LogP contribution in [-0.4, -0.2) is 184 Å². The van der Waals surface area contributed by atoms with Crippen molar-refractivity contribution in [3.05, 3.63) is 29.8 Å². The number of likely N-dealkylation sites (tertiary alicyclic amines) is 1. The molecule has 3 saturated heterocycles. The van der Waals surface area contributed by atoms with Crippen LogP contribution in [-0.2, 0) is 68.6 Å². The van der Waals surface area contributed by atoms with E-state index < -0.39 is 150 Å². The zero-order chi connectivity index (χ0) is 59.3. The van der Waals surface area contributed by atoms with Crippen LogP contribution in [0.5, 0.6) is 5.75 Å². The molecule has 7 amide bonds. The fraction of sp³-hybridized carbons (Fsp3) is 0.702. The third-order valence-electron chi connectivity index (χ3n) is 15.4. The summed E-state index contributed by atoms with van der Waals surface area (Å²) >= 11 is 0. The lowest BCUT2D eigenvalue weighted by Gasteiger charge is -2.36. The van der Waals surface area contributed by atoms with Crippen molar-refractivity contribution >= 4 is 64.9 Å². The topological polar surface area (TPSA) is 285 Å². The molecule has 1 aromatic rings. The maximum Gasteiger partial charge on any atom is 0.329 e. The molecule has 3 aliphatic heterocycles. The van der Waals surface area contributed by atoms with E-state index >= 15 is 0 Å². The lowest BCUT2D eigenvalue weighted by atomic mass is 9.91. The average Bonchev–Trinajstić information content (AvgIpc) is 4.13. The number of ketones is 2. The second kappa shape index (κ2) is 29.1. The van der Waals surface area contributed by atoms with Crippen LogP contribution in [0.2, 0.25) is 0 Å². The van der Waals surface area contributed by atoms with E-state index in [4.69, 9.17) is 14.2 Å². The maximum absolute atomic E-state index is 15.0. The monoisotopic (exact) mass is 1110 g/mol. The molecule has 0 bridgehead atoms. The van der Waals surface area contributed by atoms with Crippen LogP contribution in [0.4, 0.5) is 0 Å². The van der Waals surface area contributed by atoms with E-state index in [1.165, 1.54) is 54.7 Å². The summed E-state index contributed by atoms with van der Waals surface area (Å²) in [5.41, 5.74) is 0.566. The second-order valence-electron chi connectivity index (χ2n) is 22.8. The van der Waals surface area contributed by atoms with Gasteiger partial charge in [-0.05, 0) is 93.7 Å². The summed E-state index contributed by atoms with van der Waals surface area (Å²) in [6, 6.07) is -2.32. The van der Waals surface area contributed by atoms with Crippen molar-refractivity contribution in [1.29, 1.82) is 0 Å². The van der Waals surface area contributed by atoms with Gasteiger partial charge in [0.15, 0.2) is 11.9 Å². The smallest absolute Gasteiger partial charge is 0.329 e. The number of esters is 2. The Morgan fingerprint density at radius 3 is 2.06 bits per heavy atom. The Morgan fingerprint density at radius 2 is 1.49 bits per heavy atom. The Labute approximate surface area is 465 Å². The number of cyclic esters (lactones) is 2. The molecule has 12 atom stereocenters. The minimum absolute atomic E-state index is 0.0545.